The molecule has 1 aromatic rings. The van der Waals surface area contributed by atoms with Crippen molar-refractivity contribution >= 4 is 21.8 Å². The van der Waals surface area contributed by atoms with Crippen LogP contribution < -0.4 is 10.5 Å². The van der Waals surface area contributed by atoms with E-state index in [4.69, 9.17) is 10.5 Å². The van der Waals surface area contributed by atoms with Crippen LogP contribution in [-0.4, -0.2) is 17.1 Å². The molecule has 0 saturated carbocycles. The topological polar surface area (TPSA) is 72.6 Å². The molecule has 1 unspecified atom stereocenters. The van der Waals surface area contributed by atoms with Gasteiger partial charge in [0.25, 0.3) is 5.91 Å². The zero-order valence-corrected chi connectivity index (χ0v) is 11.4. The number of halogens is 1. The summed E-state index contributed by atoms with van der Waals surface area (Å²) in [5, 5.41) is 9.61. The molecule has 1 amide bonds. The van der Waals surface area contributed by atoms with Crippen LogP contribution in [0.5, 0.6) is 5.75 Å². The minimum Gasteiger partial charge on any atom is -0.480 e. The van der Waals surface area contributed by atoms with E-state index in [0.717, 1.165) is 4.47 Å². The maximum atomic E-state index is 11.1. The third-order valence-corrected chi connectivity index (χ3v) is 2.88. The van der Waals surface area contributed by atoms with Crippen LogP contribution in [0.1, 0.15) is 31.9 Å². The molecular weight excluding hydrogens is 286 g/mol. The third-order valence-electron chi connectivity index (χ3n) is 2.38. The smallest absolute Gasteiger partial charge is 0.258 e. The molecule has 5 heteroatoms. The molecule has 1 rings (SSSR count). The van der Waals surface area contributed by atoms with E-state index in [1.165, 1.54) is 0 Å². The second kappa shape index (κ2) is 6.02. The van der Waals surface area contributed by atoms with Crippen molar-refractivity contribution in [2.24, 2.45) is 5.73 Å². The van der Waals surface area contributed by atoms with Gasteiger partial charge in [0, 0.05) is 10.0 Å². The fraction of sp³-hybridized carbons (Fsp3) is 0.417. The van der Waals surface area contributed by atoms with Crippen molar-refractivity contribution in [3.8, 4) is 5.75 Å². The molecule has 0 aromatic heterocycles. The summed E-state index contributed by atoms with van der Waals surface area (Å²) in [6.45, 7) is 3.46. The van der Waals surface area contributed by atoms with Crippen LogP contribution in [0.25, 0.3) is 0 Å². The van der Waals surface area contributed by atoms with E-state index in [9.17, 15) is 9.90 Å². The number of nitrogens with two attached hydrogens (primary N) is 1. The standard InChI is InChI=1S/C12H16BrNO3/c1-3-10(12(14)16)17-11-6-8(13)4-5-9(11)7(2)15/h4-7,10,15H,3H2,1-2H3,(H2,14,16)/t7-,10?/m0/s1. The van der Waals surface area contributed by atoms with Crippen LogP contribution in [0.2, 0.25) is 0 Å². The number of aliphatic hydroxyl groups is 1. The van der Waals surface area contributed by atoms with Gasteiger partial charge in [-0.3, -0.25) is 4.79 Å². The quantitative estimate of drug-likeness (QED) is 0.875. The number of carbonyl (C=O) groups is 1. The maximum Gasteiger partial charge on any atom is 0.258 e. The number of carbonyl (C=O) groups excluding carboxylic acids is 1. The van der Waals surface area contributed by atoms with E-state index in [1.807, 2.05) is 6.92 Å². The van der Waals surface area contributed by atoms with Crippen molar-refractivity contribution in [3.63, 3.8) is 0 Å². The van der Waals surface area contributed by atoms with Gasteiger partial charge in [-0.05, 0) is 25.5 Å². The summed E-state index contributed by atoms with van der Waals surface area (Å²) in [4.78, 5) is 11.1. The number of hydrogen-bond donors (Lipinski definition) is 2. The largest absolute Gasteiger partial charge is 0.480 e. The van der Waals surface area contributed by atoms with Crippen molar-refractivity contribution < 1.29 is 14.6 Å². The molecule has 0 aliphatic heterocycles. The van der Waals surface area contributed by atoms with E-state index in [2.05, 4.69) is 15.9 Å². The molecule has 0 spiro atoms. The van der Waals surface area contributed by atoms with Crippen molar-refractivity contribution in [1.29, 1.82) is 0 Å². The first kappa shape index (κ1) is 14.0. The number of ether oxygens (including phenoxy) is 1. The minimum absolute atomic E-state index is 0.472. The first-order chi connectivity index (χ1) is 7.95. The fourth-order valence-electron chi connectivity index (χ4n) is 1.45. The highest BCUT2D eigenvalue weighted by molar-refractivity contribution is 9.10. The van der Waals surface area contributed by atoms with Crippen molar-refractivity contribution in [2.75, 3.05) is 0 Å². The fourth-order valence-corrected chi connectivity index (χ4v) is 1.79. The average Bonchev–Trinajstić information content (AvgIpc) is 2.25. The molecule has 0 fully saturated rings. The Balaban J connectivity index is 3.02. The molecule has 94 valence electrons. The Morgan fingerprint density at radius 2 is 2.24 bits per heavy atom. The lowest BCUT2D eigenvalue weighted by atomic mass is 10.1. The maximum absolute atomic E-state index is 11.1. The molecular formula is C12H16BrNO3. The van der Waals surface area contributed by atoms with Crippen LogP contribution in [0, 0.1) is 0 Å². The number of hydrogen-bond acceptors (Lipinski definition) is 3. The molecule has 0 radical (unpaired) electrons. The van der Waals surface area contributed by atoms with Crippen molar-refractivity contribution in [3.05, 3.63) is 28.2 Å². The third kappa shape index (κ3) is 3.71. The van der Waals surface area contributed by atoms with Gasteiger partial charge in [0.15, 0.2) is 6.10 Å². The molecule has 17 heavy (non-hydrogen) atoms. The summed E-state index contributed by atoms with van der Waals surface area (Å²) in [5.41, 5.74) is 5.85. The molecule has 1 aromatic carbocycles. The zero-order valence-electron chi connectivity index (χ0n) is 9.81. The van der Waals surface area contributed by atoms with Crippen molar-refractivity contribution in [1.82, 2.24) is 0 Å². The van der Waals surface area contributed by atoms with Crippen LogP contribution in [0.4, 0.5) is 0 Å². The van der Waals surface area contributed by atoms with E-state index in [1.54, 1.807) is 25.1 Å². The number of primary amides is 1. The normalized spacial score (nSPS) is 14.1. The average molecular weight is 302 g/mol. The first-order valence-corrected chi connectivity index (χ1v) is 6.18. The van der Waals surface area contributed by atoms with Crippen LogP contribution >= 0.6 is 15.9 Å². The Bertz CT molecular complexity index is 407. The van der Waals surface area contributed by atoms with E-state index >= 15 is 0 Å². The molecule has 2 atom stereocenters. The summed E-state index contributed by atoms with van der Waals surface area (Å²) in [5.74, 6) is -0.0379. The van der Waals surface area contributed by atoms with Gasteiger partial charge < -0.3 is 15.6 Å². The van der Waals surface area contributed by atoms with Gasteiger partial charge in [-0.1, -0.05) is 28.9 Å². The Morgan fingerprint density at radius 3 is 2.71 bits per heavy atom. The second-order valence-corrected chi connectivity index (χ2v) is 4.69. The van der Waals surface area contributed by atoms with E-state index in [-0.39, 0.29) is 0 Å². The highest BCUT2D eigenvalue weighted by Gasteiger charge is 2.18. The Kier molecular flexibility index (Phi) is 4.96. The van der Waals surface area contributed by atoms with Gasteiger partial charge in [-0.25, -0.2) is 0 Å². The van der Waals surface area contributed by atoms with Crippen LogP contribution in [-0.2, 0) is 4.79 Å². The second-order valence-electron chi connectivity index (χ2n) is 3.78. The molecule has 0 heterocycles. The Labute approximate surface area is 109 Å². The van der Waals surface area contributed by atoms with Crippen molar-refractivity contribution in [2.45, 2.75) is 32.5 Å². The number of aliphatic hydroxyl groups excluding tert-OH is 1. The molecule has 0 bridgehead atoms. The predicted octanol–water partition coefficient (Wildman–Crippen LogP) is 2.15. The number of benzene rings is 1. The Morgan fingerprint density at radius 1 is 1.59 bits per heavy atom. The van der Waals surface area contributed by atoms with Gasteiger partial charge >= 0.3 is 0 Å². The van der Waals surface area contributed by atoms with E-state index < -0.39 is 18.1 Å². The summed E-state index contributed by atoms with van der Waals surface area (Å²) in [7, 11) is 0. The minimum atomic E-state index is -0.679. The molecule has 0 saturated heterocycles. The zero-order chi connectivity index (χ0) is 13.0. The SMILES string of the molecule is CCC(Oc1cc(Br)ccc1[C@H](C)O)C(N)=O. The number of rotatable bonds is 5. The van der Waals surface area contributed by atoms with Gasteiger partial charge in [0.2, 0.25) is 0 Å². The predicted molar refractivity (Wildman–Crippen MR) is 68.7 cm³/mol. The lowest BCUT2D eigenvalue weighted by Crippen LogP contribution is -2.33. The summed E-state index contributed by atoms with van der Waals surface area (Å²) in [6.07, 6.45) is -0.855. The molecule has 0 aliphatic carbocycles. The molecule has 3 N–H and O–H groups in total. The highest BCUT2D eigenvalue weighted by Crippen LogP contribution is 2.29. The molecule has 0 aliphatic rings. The van der Waals surface area contributed by atoms with Gasteiger partial charge in [0.05, 0.1) is 6.10 Å². The van der Waals surface area contributed by atoms with Gasteiger partial charge in [-0.2, -0.15) is 0 Å². The first-order valence-electron chi connectivity index (χ1n) is 5.39. The summed E-state index contributed by atoms with van der Waals surface area (Å²) < 4.78 is 6.35. The summed E-state index contributed by atoms with van der Waals surface area (Å²) in [6, 6.07) is 5.27. The number of amides is 1. The lowest BCUT2D eigenvalue weighted by molar-refractivity contribution is -0.124. The van der Waals surface area contributed by atoms with E-state index in [0.29, 0.717) is 17.7 Å². The van der Waals surface area contributed by atoms with Crippen LogP contribution in [0.3, 0.4) is 0 Å². The summed E-state index contributed by atoms with van der Waals surface area (Å²) >= 11 is 3.32. The monoisotopic (exact) mass is 301 g/mol. The lowest BCUT2D eigenvalue weighted by Gasteiger charge is -2.18. The Hall–Kier alpha value is -1.07. The molecule has 4 nitrogen and oxygen atoms in total. The van der Waals surface area contributed by atoms with Gasteiger partial charge in [-0.15, -0.1) is 0 Å². The van der Waals surface area contributed by atoms with Gasteiger partial charge in [0.1, 0.15) is 5.75 Å². The van der Waals surface area contributed by atoms with Crippen LogP contribution in [0.15, 0.2) is 22.7 Å². The highest BCUT2D eigenvalue weighted by atomic mass is 79.9.